The van der Waals surface area contributed by atoms with Gasteiger partial charge < -0.3 is 9.47 Å². The molecule has 0 atom stereocenters. The Morgan fingerprint density at radius 2 is 1.04 bits per heavy atom. The molecular weight excluding hydrogens is 382 g/mol. The van der Waals surface area contributed by atoms with Gasteiger partial charge in [-0.2, -0.15) is 0 Å². The third kappa shape index (κ3) is 7.05. The van der Waals surface area contributed by atoms with Gasteiger partial charge in [-0.1, -0.05) is 21.6 Å². The molecule has 4 nitrogen and oxygen atoms in total. The Labute approximate surface area is 157 Å². The fraction of sp³-hybridized carbons (Fsp3) is 0.222. The molecule has 0 radical (unpaired) electrons. The summed E-state index contributed by atoms with van der Waals surface area (Å²) in [5.41, 5.74) is 0.605. The van der Waals surface area contributed by atoms with Crippen molar-refractivity contribution in [2.45, 2.75) is 0 Å². The molecule has 138 valence electrons. The van der Waals surface area contributed by atoms with Crippen molar-refractivity contribution in [3.63, 3.8) is 0 Å². The largest absolute Gasteiger partial charge is 0.461 e. The highest BCUT2D eigenvalue weighted by Crippen LogP contribution is 2.20. The molecule has 0 aliphatic heterocycles. The maximum atomic E-state index is 12.8. The van der Waals surface area contributed by atoms with E-state index in [0.717, 1.165) is 0 Å². The molecule has 8 heteroatoms. The van der Waals surface area contributed by atoms with Crippen molar-refractivity contribution < 1.29 is 27.8 Å². The highest BCUT2D eigenvalue weighted by Gasteiger charge is 2.08. The molecule has 0 spiro atoms. The fourth-order valence-electron chi connectivity index (χ4n) is 1.79. The van der Waals surface area contributed by atoms with Crippen LogP contribution in [0.1, 0.15) is 20.7 Å². The van der Waals surface area contributed by atoms with E-state index in [0.29, 0.717) is 22.6 Å². The van der Waals surface area contributed by atoms with Crippen LogP contribution in [-0.2, 0) is 9.47 Å². The molecule has 0 aliphatic rings. The molecule has 0 saturated heterocycles. The first-order valence-corrected chi connectivity index (χ1v) is 10.1. The first-order valence-electron chi connectivity index (χ1n) is 7.66. The van der Waals surface area contributed by atoms with Crippen molar-refractivity contribution >= 4 is 33.5 Å². The molecule has 26 heavy (non-hydrogen) atoms. The van der Waals surface area contributed by atoms with Gasteiger partial charge in [-0.05, 0) is 48.5 Å². The van der Waals surface area contributed by atoms with Crippen LogP contribution in [0.3, 0.4) is 0 Å². The van der Waals surface area contributed by atoms with Gasteiger partial charge in [-0.3, -0.25) is 0 Å². The van der Waals surface area contributed by atoms with Gasteiger partial charge in [0, 0.05) is 11.5 Å². The minimum atomic E-state index is -0.496. The number of hydrogen-bond acceptors (Lipinski definition) is 6. The predicted molar refractivity (Wildman–Crippen MR) is 98.3 cm³/mol. The molecule has 0 heterocycles. The summed E-state index contributed by atoms with van der Waals surface area (Å²) >= 11 is 0. The lowest BCUT2D eigenvalue weighted by Crippen LogP contribution is -2.08. The minimum absolute atomic E-state index is 0.225. The van der Waals surface area contributed by atoms with Gasteiger partial charge in [0.1, 0.15) is 24.8 Å². The molecule has 0 saturated carbocycles. The van der Waals surface area contributed by atoms with Gasteiger partial charge >= 0.3 is 11.9 Å². The molecule has 0 aromatic heterocycles. The number of esters is 2. The van der Waals surface area contributed by atoms with Crippen molar-refractivity contribution in [3.05, 3.63) is 71.3 Å². The van der Waals surface area contributed by atoms with Gasteiger partial charge in [-0.15, -0.1) is 0 Å². The molecule has 0 N–H and O–H groups in total. The second-order valence-corrected chi connectivity index (χ2v) is 7.63. The molecule has 0 unspecified atom stereocenters. The second-order valence-electron chi connectivity index (χ2n) is 4.93. The Morgan fingerprint density at radius 1 is 0.692 bits per heavy atom. The van der Waals surface area contributed by atoms with Crippen molar-refractivity contribution in [2.75, 3.05) is 24.7 Å². The quantitative estimate of drug-likeness (QED) is 0.355. The molecule has 2 rings (SSSR count). The standard InChI is InChI=1S/C18H16F2O4S2/c19-15-5-1-13(2-6-15)17(21)23-9-11-25-26-12-10-24-18(22)14-3-7-16(20)8-4-14/h1-8H,9-12H2. The van der Waals surface area contributed by atoms with E-state index < -0.39 is 23.6 Å². The summed E-state index contributed by atoms with van der Waals surface area (Å²) < 4.78 is 35.7. The van der Waals surface area contributed by atoms with E-state index in [2.05, 4.69) is 0 Å². The molecule has 0 fully saturated rings. The van der Waals surface area contributed by atoms with Crippen LogP contribution in [0.5, 0.6) is 0 Å². The highest BCUT2D eigenvalue weighted by atomic mass is 33.1. The summed E-state index contributed by atoms with van der Waals surface area (Å²) in [5.74, 6) is -0.664. The van der Waals surface area contributed by atoms with Crippen LogP contribution >= 0.6 is 21.6 Å². The average Bonchev–Trinajstić information content (AvgIpc) is 2.64. The summed E-state index contributed by atoms with van der Waals surface area (Å²) in [5, 5.41) is 0. The minimum Gasteiger partial charge on any atom is -0.461 e. The molecule has 0 aliphatic carbocycles. The average molecular weight is 398 g/mol. The Hall–Kier alpha value is -2.06. The smallest absolute Gasteiger partial charge is 0.338 e. The van der Waals surface area contributed by atoms with E-state index in [1.165, 1.54) is 70.1 Å². The number of halogens is 2. The number of carbonyl (C=O) groups excluding carboxylic acids is 2. The van der Waals surface area contributed by atoms with Gasteiger partial charge in [0.15, 0.2) is 0 Å². The zero-order chi connectivity index (χ0) is 18.8. The van der Waals surface area contributed by atoms with Gasteiger partial charge in [-0.25, -0.2) is 18.4 Å². The van der Waals surface area contributed by atoms with E-state index in [9.17, 15) is 18.4 Å². The lowest BCUT2D eigenvalue weighted by molar-refractivity contribution is 0.0520. The first-order chi connectivity index (χ1) is 12.6. The van der Waals surface area contributed by atoms with Crippen molar-refractivity contribution in [1.29, 1.82) is 0 Å². The zero-order valence-electron chi connectivity index (χ0n) is 13.7. The normalized spacial score (nSPS) is 10.4. The molecule has 0 amide bonds. The number of hydrogen-bond donors (Lipinski definition) is 0. The lowest BCUT2D eigenvalue weighted by Gasteiger charge is -2.06. The summed E-state index contributed by atoms with van der Waals surface area (Å²) in [6.07, 6.45) is 0. The Bertz CT molecular complexity index is 657. The van der Waals surface area contributed by atoms with E-state index in [1.54, 1.807) is 0 Å². The molecule has 2 aromatic carbocycles. The highest BCUT2D eigenvalue weighted by molar-refractivity contribution is 8.76. The third-order valence-corrected chi connectivity index (χ3v) is 5.38. The number of rotatable bonds is 9. The van der Waals surface area contributed by atoms with Crippen molar-refractivity contribution in [2.24, 2.45) is 0 Å². The van der Waals surface area contributed by atoms with Gasteiger partial charge in [0.2, 0.25) is 0 Å². The summed E-state index contributed by atoms with van der Waals surface area (Å²) in [7, 11) is 2.96. The van der Waals surface area contributed by atoms with Gasteiger partial charge in [0.25, 0.3) is 0 Å². The zero-order valence-corrected chi connectivity index (χ0v) is 15.3. The van der Waals surface area contributed by atoms with Crippen LogP contribution in [0.15, 0.2) is 48.5 Å². The second kappa shape index (κ2) is 10.8. The van der Waals surface area contributed by atoms with Crippen molar-refractivity contribution in [3.8, 4) is 0 Å². The van der Waals surface area contributed by atoms with Crippen LogP contribution in [0, 0.1) is 11.6 Å². The summed E-state index contributed by atoms with van der Waals surface area (Å²) in [6.45, 7) is 0.451. The fourth-order valence-corrected chi connectivity index (χ4v) is 3.45. The number of carbonyl (C=O) groups is 2. The van der Waals surface area contributed by atoms with Crippen LogP contribution in [0.25, 0.3) is 0 Å². The van der Waals surface area contributed by atoms with E-state index in [-0.39, 0.29) is 13.2 Å². The maximum absolute atomic E-state index is 12.8. The van der Waals surface area contributed by atoms with Crippen LogP contribution < -0.4 is 0 Å². The number of benzene rings is 2. The van der Waals surface area contributed by atoms with Gasteiger partial charge in [0.05, 0.1) is 11.1 Å². The Kier molecular flexibility index (Phi) is 8.43. The van der Waals surface area contributed by atoms with Crippen molar-refractivity contribution in [1.82, 2.24) is 0 Å². The lowest BCUT2D eigenvalue weighted by atomic mass is 10.2. The Morgan fingerprint density at radius 3 is 1.38 bits per heavy atom. The molecule has 0 bridgehead atoms. The topological polar surface area (TPSA) is 52.6 Å². The SMILES string of the molecule is O=C(OCCSSCCOC(=O)c1ccc(F)cc1)c1ccc(F)cc1. The van der Waals surface area contributed by atoms with Crippen LogP contribution in [-0.4, -0.2) is 36.7 Å². The van der Waals surface area contributed by atoms with Crippen LogP contribution in [0.2, 0.25) is 0 Å². The van der Waals surface area contributed by atoms with Crippen LogP contribution in [0.4, 0.5) is 8.78 Å². The summed E-state index contributed by atoms with van der Waals surface area (Å²) in [4.78, 5) is 23.4. The summed E-state index contributed by atoms with van der Waals surface area (Å²) in [6, 6.07) is 10.3. The first kappa shape index (κ1) is 20.3. The van der Waals surface area contributed by atoms with E-state index in [4.69, 9.17) is 9.47 Å². The van der Waals surface area contributed by atoms with E-state index in [1.807, 2.05) is 0 Å². The monoisotopic (exact) mass is 398 g/mol. The Balaban J connectivity index is 1.51. The molecular formula is C18H16F2O4S2. The maximum Gasteiger partial charge on any atom is 0.338 e. The third-order valence-electron chi connectivity index (χ3n) is 3.04. The predicted octanol–water partition coefficient (Wildman–Crippen LogP) is 4.36. The van der Waals surface area contributed by atoms with E-state index >= 15 is 0 Å². The number of ether oxygens (including phenoxy) is 2. The molecule has 2 aromatic rings.